The van der Waals surface area contributed by atoms with Crippen LogP contribution in [0.25, 0.3) is 11.4 Å². The second kappa shape index (κ2) is 10.2. The molecule has 0 saturated carbocycles. The van der Waals surface area contributed by atoms with Gasteiger partial charge in [-0.1, -0.05) is 29.3 Å². The first-order chi connectivity index (χ1) is 14.0. The Labute approximate surface area is 179 Å². The lowest BCUT2D eigenvalue weighted by molar-refractivity contribution is -0.121. The van der Waals surface area contributed by atoms with Crippen LogP contribution in [0, 0.1) is 11.7 Å². The highest BCUT2D eigenvalue weighted by atomic mass is 35.5. The van der Waals surface area contributed by atoms with Gasteiger partial charge in [-0.15, -0.1) is 0 Å². The minimum Gasteiger partial charge on any atom is -0.494 e. The number of amides is 1. The van der Waals surface area contributed by atoms with E-state index in [1.165, 1.54) is 5.56 Å². The number of benzene rings is 2. The van der Waals surface area contributed by atoms with Gasteiger partial charge in [0.15, 0.2) is 10.6 Å². The van der Waals surface area contributed by atoms with Crippen LogP contribution in [0.15, 0.2) is 48.5 Å². The fourth-order valence-electron chi connectivity index (χ4n) is 2.76. The predicted octanol–water partition coefficient (Wildman–Crippen LogP) is 4.54. The average molecular weight is 431 g/mol. The summed E-state index contributed by atoms with van der Waals surface area (Å²) in [4.78, 5) is 12.3. The largest absolute Gasteiger partial charge is 0.494 e. The molecule has 152 valence electrons. The summed E-state index contributed by atoms with van der Waals surface area (Å²) in [6, 6.07) is 15.2. The monoisotopic (exact) mass is 430 g/mol. The predicted molar refractivity (Wildman–Crippen MR) is 117 cm³/mol. The Morgan fingerprint density at radius 1 is 1.17 bits per heavy atom. The summed E-state index contributed by atoms with van der Waals surface area (Å²) >= 11 is 11.2. The number of aromatic amines is 1. The van der Waals surface area contributed by atoms with Crippen molar-refractivity contribution in [3.63, 3.8) is 0 Å². The molecule has 0 fully saturated rings. The van der Waals surface area contributed by atoms with E-state index >= 15 is 0 Å². The molecule has 2 aromatic carbocycles. The molecule has 1 amide bonds. The summed E-state index contributed by atoms with van der Waals surface area (Å²) in [5.41, 5.74) is 2.04. The quantitative estimate of drug-likeness (QED) is 0.386. The molecule has 3 rings (SSSR count). The smallest absolute Gasteiger partial charge is 0.240 e. The molecule has 0 radical (unpaired) electrons. The van der Waals surface area contributed by atoms with Crippen LogP contribution in [0.2, 0.25) is 5.02 Å². The van der Waals surface area contributed by atoms with E-state index in [4.69, 9.17) is 28.6 Å². The van der Waals surface area contributed by atoms with Crippen molar-refractivity contribution in [2.45, 2.75) is 26.3 Å². The highest BCUT2D eigenvalue weighted by Gasteiger charge is 2.12. The molecule has 6 nitrogen and oxygen atoms in total. The van der Waals surface area contributed by atoms with Gasteiger partial charge in [0.1, 0.15) is 12.3 Å². The first-order valence-electron chi connectivity index (χ1n) is 9.40. The lowest BCUT2D eigenvalue weighted by atomic mass is 10.2. The molecule has 0 saturated heterocycles. The standard InChI is InChI=1S/C21H23ClN4O2S/c1-15-4-10-18(11-5-15)28-13-3-2-12-23-19(27)14-26-20(24-25-21(26)29)16-6-8-17(22)9-7-16/h4-11H,2-3,12-14H2,1H3,(H,23,27)(H,25,29). The summed E-state index contributed by atoms with van der Waals surface area (Å²) in [5.74, 6) is 1.36. The third kappa shape index (κ3) is 6.17. The number of ether oxygens (including phenoxy) is 1. The fraction of sp³-hybridized carbons (Fsp3) is 0.286. The summed E-state index contributed by atoms with van der Waals surface area (Å²) in [6.45, 7) is 3.35. The minimum absolute atomic E-state index is 0.104. The number of carbonyl (C=O) groups is 1. The van der Waals surface area contributed by atoms with Gasteiger partial charge >= 0.3 is 0 Å². The van der Waals surface area contributed by atoms with Crippen LogP contribution in [0.5, 0.6) is 5.75 Å². The number of carbonyl (C=O) groups excluding carboxylic acids is 1. The van der Waals surface area contributed by atoms with Gasteiger partial charge < -0.3 is 10.1 Å². The molecule has 0 aliphatic heterocycles. The van der Waals surface area contributed by atoms with Crippen LogP contribution < -0.4 is 10.1 Å². The van der Waals surface area contributed by atoms with Gasteiger partial charge in [0.25, 0.3) is 0 Å². The number of unbranched alkanes of at least 4 members (excludes halogenated alkanes) is 1. The number of H-pyrrole nitrogens is 1. The molecule has 0 atom stereocenters. The molecule has 0 aliphatic rings. The fourth-order valence-corrected chi connectivity index (χ4v) is 3.09. The molecule has 2 N–H and O–H groups in total. The zero-order chi connectivity index (χ0) is 20.6. The highest BCUT2D eigenvalue weighted by molar-refractivity contribution is 7.71. The van der Waals surface area contributed by atoms with Crippen molar-refractivity contribution >= 4 is 29.7 Å². The normalized spacial score (nSPS) is 10.7. The van der Waals surface area contributed by atoms with E-state index in [1.54, 1.807) is 16.7 Å². The van der Waals surface area contributed by atoms with Crippen LogP contribution in [-0.2, 0) is 11.3 Å². The zero-order valence-corrected chi connectivity index (χ0v) is 17.7. The van der Waals surface area contributed by atoms with Crippen molar-refractivity contribution < 1.29 is 9.53 Å². The van der Waals surface area contributed by atoms with E-state index in [2.05, 4.69) is 15.5 Å². The molecular formula is C21H23ClN4O2S. The molecular weight excluding hydrogens is 408 g/mol. The number of nitrogens with zero attached hydrogens (tertiary/aromatic N) is 2. The van der Waals surface area contributed by atoms with Gasteiger partial charge in [0.2, 0.25) is 5.91 Å². The van der Waals surface area contributed by atoms with E-state index in [1.807, 2.05) is 43.3 Å². The molecule has 0 bridgehead atoms. The number of hydrogen-bond acceptors (Lipinski definition) is 4. The maximum atomic E-state index is 12.3. The Hall–Kier alpha value is -2.64. The molecule has 0 unspecified atom stereocenters. The molecule has 0 aliphatic carbocycles. The van der Waals surface area contributed by atoms with Crippen LogP contribution in [0.1, 0.15) is 18.4 Å². The summed E-state index contributed by atoms with van der Waals surface area (Å²) in [6.07, 6.45) is 1.69. The number of rotatable bonds is 9. The third-order valence-electron chi connectivity index (χ3n) is 4.35. The topological polar surface area (TPSA) is 71.9 Å². The molecule has 8 heteroatoms. The molecule has 3 aromatic rings. The van der Waals surface area contributed by atoms with Crippen molar-refractivity contribution in [2.75, 3.05) is 13.2 Å². The van der Waals surface area contributed by atoms with Crippen molar-refractivity contribution in [1.29, 1.82) is 0 Å². The summed E-state index contributed by atoms with van der Waals surface area (Å²) in [5, 5.41) is 10.5. The van der Waals surface area contributed by atoms with Gasteiger partial charge in [-0.2, -0.15) is 5.10 Å². The van der Waals surface area contributed by atoms with Crippen LogP contribution in [-0.4, -0.2) is 33.8 Å². The van der Waals surface area contributed by atoms with Crippen molar-refractivity contribution in [3.8, 4) is 17.1 Å². The van der Waals surface area contributed by atoms with Gasteiger partial charge in [0.05, 0.1) is 6.61 Å². The Morgan fingerprint density at radius 2 is 1.90 bits per heavy atom. The Balaban J connectivity index is 1.43. The van der Waals surface area contributed by atoms with Crippen LogP contribution >= 0.6 is 23.8 Å². The van der Waals surface area contributed by atoms with Gasteiger partial charge in [-0.3, -0.25) is 14.5 Å². The van der Waals surface area contributed by atoms with E-state index in [0.29, 0.717) is 28.8 Å². The highest BCUT2D eigenvalue weighted by Crippen LogP contribution is 2.19. The lowest BCUT2D eigenvalue weighted by Gasteiger charge is -2.09. The maximum absolute atomic E-state index is 12.3. The average Bonchev–Trinajstić information content (AvgIpc) is 3.07. The van der Waals surface area contributed by atoms with E-state index < -0.39 is 0 Å². The Morgan fingerprint density at radius 3 is 2.62 bits per heavy atom. The summed E-state index contributed by atoms with van der Waals surface area (Å²) in [7, 11) is 0. The molecule has 1 aromatic heterocycles. The van der Waals surface area contributed by atoms with Gasteiger partial charge in [-0.05, 0) is 68.4 Å². The van der Waals surface area contributed by atoms with Gasteiger partial charge in [-0.25, -0.2) is 0 Å². The Kier molecular flexibility index (Phi) is 7.43. The third-order valence-corrected chi connectivity index (χ3v) is 4.91. The maximum Gasteiger partial charge on any atom is 0.240 e. The van der Waals surface area contributed by atoms with Crippen molar-refractivity contribution in [2.24, 2.45) is 0 Å². The van der Waals surface area contributed by atoms with Crippen molar-refractivity contribution in [3.05, 3.63) is 63.9 Å². The Bertz CT molecular complexity index is 997. The van der Waals surface area contributed by atoms with Crippen LogP contribution in [0.4, 0.5) is 0 Å². The summed E-state index contributed by atoms with van der Waals surface area (Å²) < 4.78 is 7.76. The first kappa shape index (κ1) is 21.1. The van der Waals surface area contributed by atoms with Crippen molar-refractivity contribution in [1.82, 2.24) is 20.1 Å². The minimum atomic E-state index is -0.114. The molecule has 29 heavy (non-hydrogen) atoms. The number of halogens is 1. The number of aromatic nitrogens is 3. The number of nitrogens with one attached hydrogen (secondary N) is 2. The second-order valence-electron chi connectivity index (χ2n) is 6.66. The van der Waals surface area contributed by atoms with E-state index in [-0.39, 0.29) is 12.5 Å². The SMILES string of the molecule is Cc1ccc(OCCCCNC(=O)Cn2c(-c3ccc(Cl)cc3)n[nH]c2=S)cc1. The molecule has 0 spiro atoms. The second-order valence-corrected chi connectivity index (χ2v) is 7.49. The number of aryl methyl sites for hydroxylation is 1. The van der Waals surface area contributed by atoms with Gasteiger partial charge in [0, 0.05) is 17.1 Å². The zero-order valence-electron chi connectivity index (χ0n) is 16.2. The van der Waals surface area contributed by atoms with E-state index in [9.17, 15) is 4.79 Å². The lowest BCUT2D eigenvalue weighted by Crippen LogP contribution is -2.29. The molecule has 1 heterocycles. The first-order valence-corrected chi connectivity index (χ1v) is 10.2. The van der Waals surface area contributed by atoms with E-state index in [0.717, 1.165) is 24.2 Å². The van der Waals surface area contributed by atoms with Crippen LogP contribution in [0.3, 0.4) is 0 Å². The number of hydrogen-bond donors (Lipinski definition) is 2.